The Bertz CT molecular complexity index is 795. The molecule has 4 nitrogen and oxygen atoms in total. The van der Waals surface area contributed by atoms with Crippen molar-refractivity contribution in [2.45, 2.75) is 6.92 Å². The van der Waals surface area contributed by atoms with E-state index in [0.717, 1.165) is 15.4 Å². The van der Waals surface area contributed by atoms with E-state index in [9.17, 15) is 4.79 Å². The number of halogens is 1. The third-order valence-corrected chi connectivity index (χ3v) is 3.55. The van der Waals surface area contributed by atoms with Gasteiger partial charge >= 0.3 is 0 Å². The van der Waals surface area contributed by atoms with Crippen LogP contribution in [0.2, 0.25) is 0 Å². The van der Waals surface area contributed by atoms with E-state index in [0.29, 0.717) is 11.3 Å². The number of benzene rings is 1. The Balaban J connectivity index is 1.91. The predicted molar refractivity (Wildman–Crippen MR) is 80.8 cm³/mol. The van der Waals surface area contributed by atoms with Gasteiger partial charge in [-0.2, -0.15) is 0 Å². The number of nitrogens with one attached hydrogen (secondary N) is 1. The quantitative estimate of drug-likeness (QED) is 0.767. The molecule has 1 amide bonds. The summed E-state index contributed by atoms with van der Waals surface area (Å²) in [5.41, 5.74) is 2.48. The van der Waals surface area contributed by atoms with E-state index in [1.165, 1.54) is 0 Å². The maximum Gasteiger partial charge on any atom is 0.291 e. The first-order valence-electron chi connectivity index (χ1n) is 6.04. The minimum Gasteiger partial charge on any atom is -0.451 e. The second-order valence-corrected chi connectivity index (χ2v) is 5.32. The molecule has 3 aromatic rings. The van der Waals surface area contributed by atoms with Crippen LogP contribution in [-0.2, 0) is 0 Å². The van der Waals surface area contributed by atoms with Crippen LogP contribution in [0, 0.1) is 6.92 Å². The summed E-state index contributed by atoms with van der Waals surface area (Å²) in [5, 5.41) is 3.70. The Morgan fingerprint density at radius 2 is 2.15 bits per heavy atom. The standard InChI is InChI=1S/C15H11BrN2O2/c1-9-2-3-13-10(6-9)7-14(20-13)15(19)18-12-4-5-17-8-11(12)16/h2-8H,1H3,(H,17,18,19). The zero-order chi connectivity index (χ0) is 14.1. The molecule has 0 unspecified atom stereocenters. The lowest BCUT2D eigenvalue weighted by molar-refractivity contribution is 0.0998. The van der Waals surface area contributed by atoms with Crippen LogP contribution in [0.5, 0.6) is 0 Å². The summed E-state index contributed by atoms with van der Waals surface area (Å²) in [6.07, 6.45) is 3.24. The number of rotatable bonds is 2. The smallest absolute Gasteiger partial charge is 0.291 e. The van der Waals surface area contributed by atoms with Gasteiger partial charge in [-0.1, -0.05) is 11.6 Å². The van der Waals surface area contributed by atoms with E-state index in [1.807, 2.05) is 25.1 Å². The van der Waals surface area contributed by atoms with Crippen molar-refractivity contribution in [2.24, 2.45) is 0 Å². The third kappa shape index (κ3) is 2.44. The summed E-state index contributed by atoms with van der Waals surface area (Å²) >= 11 is 3.33. The first-order chi connectivity index (χ1) is 9.63. The van der Waals surface area contributed by atoms with Crippen LogP contribution in [0.3, 0.4) is 0 Å². The lowest BCUT2D eigenvalue weighted by atomic mass is 10.2. The number of fused-ring (bicyclic) bond motifs is 1. The van der Waals surface area contributed by atoms with E-state index in [4.69, 9.17) is 4.42 Å². The molecule has 0 radical (unpaired) electrons. The van der Waals surface area contributed by atoms with Gasteiger partial charge in [0.25, 0.3) is 5.91 Å². The van der Waals surface area contributed by atoms with Gasteiger partial charge < -0.3 is 9.73 Å². The average molecular weight is 331 g/mol. The molecule has 0 aliphatic heterocycles. The molecular formula is C15H11BrN2O2. The van der Waals surface area contributed by atoms with Gasteiger partial charge in [-0.3, -0.25) is 9.78 Å². The second kappa shape index (κ2) is 5.09. The van der Waals surface area contributed by atoms with Crippen LogP contribution in [-0.4, -0.2) is 10.9 Å². The van der Waals surface area contributed by atoms with Gasteiger partial charge in [0.05, 0.1) is 10.2 Å². The number of aryl methyl sites for hydroxylation is 1. The molecule has 20 heavy (non-hydrogen) atoms. The Morgan fingerprint density at radius 3 is 2.95 bits per heavy atom. The molecule has 0 saturated heterocycles. The highest BCUT2D eigenvalue weighted by Crippen LogP contribution is 2.24. The van der Waals surface area contributed by atoms with Crippen molar-refractivity contribution in [1.29, 1.82) is 0 Å². The Labute approximate surface area is 123 Å². The van der Waals surface area contributed by atoms with Crippen molar-refractivity contribution in [2.75, 3.05) is 5.32 Å². The second-order valence-electron chi connectivity index (χ2n) is 4.46. The molecule has 2 aromatic heterocycles. The van der Waals surface area contributed by atoms with E-state index < -0.39 is 0 Å². The molecule has 100 valence electrons. The number of anilines is 1. The van der Waals surface area contributed by atoms with Gasteiger partial charge in [-0.15, -0.1) is 0 Å². The van der Waals surface area contributed by atoms with Crippen LogP contribution in [0.1, 0.15) is 16.1 Å². The lowest BCUT2D eigenvalue weighted by Gasteiger charge is -2.04. The molecule has 0 aliphatic carbocycles. The van der Waals surface area contributed by atoms with E-state index >= 15 is 0 Å². The van der Waals surface area contributed by atoms with Gasteiger partial charge in [-0.05, 0) is 47.1 Å². The molecule has 0 aliphatic rings. The predicted octanol–water partition coefficient (Wildman–Crippen LogP) is 4.15. The van der Waals surface area contributed by atoms with Crippen molar-refractivity contribution >= 4 is 38.5 Å². The highest BCUT2D eigenvalue weighted by Gasteiger charge is 2.13. The highest BCUT2D eigenvalue weighted by atomic mass is 79.9. The van der Waals surface area contributed by atoms with Crippen molar-refractivity contribution in [1.82, 2.24) is 4.98 Å². The van der Waals surface area contributed by atoms with Gasteiger partial charge in [-0.25, -0.2) is 0 Å². The van der Waals surface area contributed by atoms with Crippen LogP contribution in [0.25, 0.3) is 11.0 Å². The number of hydrogen-bond acceptors (Lipinski definition) is 3. The molecule has 0 atom stereocenters. The number of nitrogens with zero attached hydrogens (tertiary/aromatic N) is 1. The molecule has 0 bridgehead atoms. The average Bonchev–Trinajstić information content (AvgIpc) is 2.84. The summed E-state index contributed by atoms with van der Waals surface area (Å²) in [6, 6.07) is 9.26. The largest absolute Gasteiger partial charge is 0.451 e. The molecule has 0 saturated carbocycles. The number of furan rings is 1. The van der Waals surface area contributed by atoms with Crippen molar-refractivity contribution < 1.29 is 9.21 Å². The molecule has 5 heteroatoms. The fourth-order valence-electron chi connectivity index (χ4n) is 1.94. The number of carbonyl (C=O) groups is 1. The lowest BCUT2D eigenvalue weighted by Crippen LogP contribution is -2.11. The minimum atomic E-state index is -0.286. The molecule has 2 heterocycles. The van der Waals surface area contributed by atoms with Gasteiger partial charge in [0.15, 0.2) is 5.76 Å². The first-order valence-corrected chi connectivity index (χ1v) is 6.84. The fourth-order valence-corrected chi connectivity index (χ4v) is 2.28. The number of hydrogen-bond donors (Lipinski definition) is 1. The van der Waals surface area contributed by atoms with Crippen molar-refractivity contribution in [3.05, 3.63) is 58.5 Å². The van der Waals surface area contributed by atoms with Crippen LogP contribution in [0.4, 0.5) is 5.69 Å². The van der Waals surface area contributed by atoms with E-state index in [2.05, 4.69) is 26.2 Å². The molecule has 1 N–H and O–H groups in total. The number of carbonyl (C=O) groups excluding carboxylic acids is 1. The maximum absolute atomic E-state index is 12.2. The summed E-state index contributed by atoms with van der Waals surface area (Å²) in [4.78, 5) is 16.1. The number of aromatic nitrogens is 1. The third-order valence-electron chi connectivity index (χ3n) is 2.92. The topological polar surface area (TPSA) is 55.1 Å². The molecule has 0 spiro atoms. The normalized spacial score (nSPS) is 10.7. The van der Waals surface area contributed by atoms with Crippen molar-refractivity contribution in [3.63, 3.8) is 0 Å². The Kier molecular flexibility index (Phi) is 3.28. The van der Waals surface area contributed by atoms with Gasteiger partial charge in [0.2, 0.25) is 0 Å². The fraction of sp³-hybridized carbons (Fsp3) is 0.0667. The summed E-state index contributed by atoms with van der Waals surface area (Å²) in [6.45, 7) is 2.00. The van der Waals surface area contributed by atoms with Crippen LogP contribution < -0.4 is 5.32 Å². The minimum absolute atomic E-state index is 0.286. The monoisotopic (exact) mass is 330 g/mol. The highest BCUT2D eigenvalue weighted by molar-refractivity contribution is 9.10. The Morgan fingerprint density at radius 1 is 1.30 bits per heavy atom. The molecule has 1 aromatic carbocycles. The molecule has 3 rings (SSSR count). The molecule has 0 fully saturated rings. The summed E-state index contributed by atoms with van der Waals surface area (Å²) < 4.78 is 6.28. The number of pyridine rings is 1. The van der Waals surface area contributed by atoms with Crippen molar-refractivity contribution in [3.8, 4) is 0 Å². The van der Waals surface area contributed by atoms with Crippen LogP contribution in [0.15, 0.2) is 51.6 Å². The molecular weight excluding hydrogens is 320 g/mol. The van der Waals surface area contributed by atoms with Crippen LogP contribution >= 0.6 is 15.9 Å². The van der Waals surface area contributed by atoms with Gasteiger partial charge in [0.1, 0.15) is 5.58 Å². The maximum atomic E-state index is 12.2. The summed E-state index contributed by atoms with van der Waals surface area (Å²) in [5.74, 6) is 0.0000605. The zero-order valence-electron chi connectivity index (χ0n) is 10.7. The first kappa shape index (κ1) is 12.9. The number of amides is 1. The zero-order valence-corrected chi connectivity index (χ0v) is 12.3. The van der Waals surface area contributed by atoms with E-state index in [1.54, 1.807) is 24.5 Å². The summed E-state index contributed by atoms with van der Waals surface area (Å²) in [7, 11) is 0. The van der Waals surface area contributed by atoms with Gasteiger partial charge in [0, 0.05) is 17.8 Å². The SMILES string of the molecule is Cc1ccc2oc(C(=O)Nc3ccncc3Br)cc2c1. The Hall–Kier alpha value is -2.14. The van der Waals surface area contributed by atoms with E-state index in [-0.39, 0.29) is 11.7 Å².